The molecule has 0 saturated carbocycles. The van der Waals surface area contributed by atoms with Crippen LogP contribution in [0.3, 0.4) is 0 Å². The van der Waals surface area contributed by atoms with Crippen LogP contribution in [0.15, 0.2) is 42.5 Å². The van der Waals surface area contributed by atoms with Gasteiger partial charge in [0, 0.05) is 0 Å². The second kappa shape index (κ2) is 6.21. The molecule has 7 heteroatoms. The zero-order valence-corrected chi connectivity index (χ0v) is 11.3. The van der Waals surface area contributed by atoms with E-state index in [9.17, 15) is 22.0 Å². The van der Waals surface area contributed by atoms with Crippen molar-refractivity contribution in [2.24, 2.45) is 0 Å². The Morgan fingerprint density at radius 1 is 0.955 bits per heavy atom. The van der Waals surface area contributed by atoms with Gasteiger partial charge in [-0.05, 0) is 35.4 Å². The number of hydrogen-bond acceptors (Lipinski definition) is 2. The quantitative estimate of drug-likeness (QED) is 0.722. The largest absolute Gasteiger partial charge is 0.573 e. The van der Waals surface area contributed by atoms with E-state index in [0.717, 1.165) is 6.07 Å². The molecule has 0 heterocycles. The Bertz CT molecular complexity index is 653. The summed E-state index contributed by atoms with van der Waals surface area (Å²) >= 11 is 0. The average Bonchev–Trinajstić information content (AvgIpc) is 2.45. The summed E-state index contributed by atoms with van der Waals surface area (Å²) < 4.78 is 70.9. The fourth-order valence-corrected chi connectivity index (χ4v) is 1.94. The second-order valence-electron chi connectivity index (χ2n) is 4.33. The number of halogens is 5. The maximum Gasteiger partial charge on any atom is 0.573 e. The Hall–Kier alpha value is -2.31. The third kappa shape index (κ3) is 3.87. The molecule has 0 radical (unpaired) electrons. The normalized spacial score (nSPS) is 11.6. The average molecular weight is 318 g/mol. The maximum absolute atomic E-state index is 12.8. The highest BCUT2D eigenvalue weighted by Gasteiger charge is 2.31. The van der Waals surface area contributed by atoms with Gasteiger partial charge in [-0.25, -0.2) is 8.78 Å². The summed E-state index contributed by atoms with van der Waals surface area (Å²) in [7, 11) is 1.24. The monoisotopic (exact) mass is 318 g/mol. The van der Waals surface area contributed by atoms with Crippen LogP contribution in [0, 0.1) is 0 Å². The van der Waals surface area contributed by atoms with Crippen LogP contribution in [-0.2, 0) is 0 Å². The minimum atomic E-state index is -4.80. The SMILES string of the molecule is COc1cc(-c2cccc(OC(F)(F)F)c2)ccc1C(F)F. The lowest BCUT2D eigenvalue weighted by molar-refractivity contribution is -0.274. The third-order valence-electron chi connectivity index (χ3n) is 2.87. The summed E-state index contributed by atoms with van der Waals surface area (Å²) in [5.41, 5.74) is 0.545. The Morgan fingerprint density at radius 3 is 2.23 bits per heavy atom. The summed E-state index contributed by atoms with van der Waals surface area (Å²) in [4.78, 5) is 0. The molecule has 0 aromatic heterocycles. The van der Waals surface area contributed by atoms with E-state index in [4.69, 9.17) is 4.74 Å². The van der Waals surface area contributed by atoms with Crippen molar-refractivity contribution in [3.63, 3.8) is 0 Å². The van der Waals surface area contributed by atoms with Crippen molar-refractivity contribution in [2.45, 2.75) is 12.8 Å². The van der Waals surface area contributed by atoms with Gasteiger partial charge in [0.25, 0.3) is 6.43 Å². The second-order valence-corrected chi connectivity index (χ2v) is 4.33. The van der Waals surface area contributed by atoms with Gasteiger partial charge >= 0.3 is 6.36 Å². The molecule has 0 aliphatic heterocycles. The minimum absolute atomic E-state index is 0.0327. The number of methoxy groups -OCH3 is 1. The van der Waals surface area contributed by atoms with Gasteiger partial charge in [-0.15, -0.1) is 13.2 Å². The molecule has 2 aromatic carbocycles. The van der Waals surface area contributed by atoms with Crippen molar-refractivity contribution in [2.75, 3.05) is 7.11 Å². The molecule has 22 heavy (non-hydrogen) atoms. The molecule has 118 valence electrons. The number of benzene rings is 2. The van der Waals surface area contributed by atoms with Gasteiger partial charge in [0.2, 0.25) is 0 Å². The summed E-state index contributed by atoms with van der Waals surface area (Å²) in [5.74, 6) is -0.420. The van der Waals surface area contributed by atoms with Gasteiger partial charge in [0.1, 0.15) is 11.5 Å². The molecule has 0 atom stereocenters. The van der Waals surface area contributed by atoms with E-state index < -0.39 is 12.8 Å². The molecule has 0 saturated heterocycles. The molecule has 0 aliphatic rings. The van der Waals surface area contributed by atoms with Crippen LogP contribution in [0.5, 0.6) is 11.5 Å². The van der Waals surface area contributed by atoms with Crippen LogP contribution < -0.4 is 9.47 Å². The van der Waals surface area contributed by atoms with E-state index in [2.05, 4.69) is 4.74 Å². The fourth-order valence-electron chi connectivity index (χ4n) is 1.94. The number of alkyl halides is 5. The van der Waals surface area contributed by atoms with Crippen molar-refractivity contribution in [3.8, 4) is 22.6 Å². The first-order chi connectivity index (χ1) is 10.3. The van der Waals surface area contributed by atoms with Crippen LogP contribution in [-0.4, -0.2) is 13.5 Å². The molecule has 0 spiro atoms. The lowest BCUT2D eigenvalue weighted by Gasteiger charge is -2.12. The minimum Gasteiger partial charge on any atom is -0.496 e. The standard InChI is InChI=1S/C15H11F5O2/c1-21-13-8-10(5-6-12(13)14(16)17)9-3-2-4-11(7-9)22-15(18,19)20/h2-8,14H,1H3. The highest BCUT2D eigenvalue weighted by molar-refractivity contribution is 5.67. The van der Waals surface area contributed by atoms with Gasteiger partial charge in [-0.1, -0.05) is 18.2 Å². The first-order valence-electron chi connectivity index (χ1n) is 6.12. The molecule has 2 nitrogen and oxygen atoms in total. The molecule has 0 bridgehead atoms. The lowest BCUT2D eigenvalue weighted by Crippen LogP contribution is -2.17. The Balaban J connectivity index is 2.38. The fraction of sp³-hybridized carbons (Fsp3) is 0.200. The molecule has 0 fully saturated rings. The molecule has 0 amide bonds. The van der Waals surface area contributed by atoms with Crippen molar-refractivity contribution < 1.29 is 31.4 Å². The van der Waals surface area contributed by atoms with Gasteiger partial charge in [-0.3, -0.25) is 0 Å². The maximum atomic E-state index is 12.8. The molecule has 2 rings (SSSR count). The predicted octanol–water partition coefficient (Wildman–Crippen LogP) is 5.20. The summed E-state index contributed by atoms with van der Waals surface area (Å²) in [6.07, 6.45) is -7.50. The van der Waals surface area contributed by atoms with Crippen LogP contribution in [0.25, 0.3) is 11.1 Å². The Kier molecular flexibility index (Phi) is 4.54. The van der Waals surface area contributed by atoms with Gasteiger partial charge < -0.3 is 9.47 Å². The smallest absolute Gasteiger partial charge is 0.496 e. The molecule has 0 unspecified atom stereocenters. The van der Waals surface area contributed by atoms with E-state index in [-0.39, 0.29) is 17.1 Å². The first-order valence-corrected chi connectivity index (χ1v) is 6.12. The van der Waals surface area contributed by atoms with Crippen LogP contribution in [0.1, 0.15) is 12.0 Å². The van der Waals surface area contributed by atoms with Crippen molar-refractivity contribution in [1.82, 2.24) is 0 Å². The topological polar surface area (TPSA) is 18.5 Å². The highest BCUT2D eigenvalue weighted by atomic mass is 19.4. The third-order valence-corrected chi connectivity index (χ3v) is 2.87. The Labute approximate surface area is 123 Å². The molecular weight excluding hydrogens is 307 g/mol. The lowest BCUT2D eigenvalue weighted by atomic mass is 10.0. The van der Waals surface area contributed by atoms with Gasteiger partial charge in [0.15, 0.2) is 0 Å². The van der Waals surface area contributed by atoms with Crippen LogP contribution >= 0.6 is 0 Å². The van der Waals surface area contributed by atoms with Crippen molar-refractivity contribution in [1.29, 1.82) is 0 Å². The number of hydrogen-bond donors (Lipinski definition) is 0. The summed E-state index contributed by atoms with van der Waals surface area (Å²) in [6, 6.07) is 9.15. The zero-order chi connectivity index (χ0) is 16.3. The highest BCUT2D eigenvalue weighted by Crippen LogP contribution is 2.34. The van der Waals surface area contributed by atoms with Crippen molar-refractivity contribution in [3.05, 3.63) is 48.0 Å². The summed E-state index contributed by atoms with van der Waals surface area (Å²) in [5, 5.41) is 0. The van der Waals surface area contributed by atoms with E-state index in [1.807, 2.05) is 0 Å². The van der Waals surface area contributed by atoms with E-state index >= 15 is 0 Å². The van der Waals surface area contributed by atoms with E-state index in [1.165, 1.54) is 37.4 Å². The van der Waals surface area contributed by atoms with Gasteiger partial charge in [0.05, 0.1) is 12.7 Å². The molecular formula is C15H11F5O2. The van der Waals surface area contributed by atoms with Gasteiger partial charge in [-0.2, -0.15) is 0 Å². The molecule has 2 aromatic rings. The number of rotatable bonds is 4. The predicted molar refractivity (Wildman–Crippen MR) is 70.1 cm³/mol. The zero-order valence-electron chi connectivity index (χ0n) is 11.3. The van der Waals surface area contributed by atoms with E-state index in [0.29, 0.717) is 11.1 Å². The van der Waals surface area contributed by atoms with E-state index in [1.54, 1.807) is 6.07 Å². The molecule has 0 N–H and O–H groups in total. The summed E-state index contributed by atoms with van der Waals surface area (Å²) in [6.45, 7) is 0. The van der Waals surface area contributed by atoms with Crippen LogP contribution in [0.2, 0.25) is 0 Å². The Morgan fingerprint density at radius 2 is 1.64 bits per heavy atom. The van der Waals surface area contributed by atoms with Crippen LogP contribution in [0.4, 0.5) is 22.0 Å². The molecule has 0 aliphatic carbocycles. The number of ether oxygens (including phenoxy) is 2. The first kappa shape index (κ1) is 16.1. The van der Waals surface area contributed by atoms with Crippen molar-refractivity contribution >= 4 is 0 Å².